The molecule has 0 rings (SSSR count). The van der Waals surface area contributed by atoms with Crippen molar-refractivity contribution in [3.63, 3.8) is 0 Å². The molecule has 0 fully saturated rings. The van der Waals surface area contributed by atoms with Crippen LogP contribution in [0, 0.1) is 0 Å². The minimum atomic E-state index is 0. The molecule has 3 heteroatoms. The third-order valence-corrected chi connectivity index (χ3v) is 1.76. The first kappa shape index (κ1) is 13.3. The first-order valence-electron chi connectivity index (χ1n) is 5.14. The van der Waals surface area contributed by atoms with Gasteiger partial charge in [0.25, 0.3) is 0 Å². The van der Waals surface area contributed by atoms with E-state index in [1.807, 2.05) is 24.7 Å². The fraction of sp³-hybridized carbons (Fsp3) is 0.818. The fourth-order valence-corrected chi connectivity index (χ4v) is 0.999. The molecule has 0 aliphatic rings. The zero-order valence-electron chi connectivity index (χ0n) is 10.2. The molecule has 0 bridgehead atoms. The standard InChI is InChI=1S/C11H23N2O.H2/c1-9(2)13(12-6)7-11(5)8-14-10(3)4;/h7,9-10H,8H2,1-6H3;1H/q+1;/b11-7+,13-12?;. The fourth-order valence-electron chi connectivity index (χ4n) is 0.999. The second-order valence-corrected chi connectivity index (χ2v) is 4.01. The molecule has 0 heterocycles. The maximum Gasteiger partial charge on any atom is 0.197 e. The van der Waals surface area contributed by atoms with Crippen molar-refractivity contribution in [3.05, 3.63) is 11.8 Å². The molecule has 0 aromatic heterocycles. The van der Waals surface area contributed by atoms with Crippen molar-refractivity contribution in [2.45, 2.75) is 46.8 Å². The number of hydrogen-bond acceptors (Lipinski definition) is 2. The topological polar surface area (TPSA) is 24.6 Å². The van der Waals surface area contributed by atoms with Crippen molar-refractivity contribution in [3.8, 4) is 0 Å². The number of nitrogens with zero attached hydrogens (tertiary/aromatic N) is 2. The van der Waals surface area contributed by atoms with Gasteiger partial charge in [0.2, 0.25) is 0 Å². The van der Waals surface area contributed by atoms with Crippen molar-refractivity contribution < 1.29 is 10.9 Å². The molecular formula is C11H25N2O+. The molecule has 0 unspecified atom stereocenters. The second-order valence-electron chi connectivity index (χ2n) is 4.01. The smallest absolute Gasteiger partial charge is 0.197 e. The first-order chi connectivity index (χ1) is 6.47. The first-order valence-corrected chi connectivity index (χ1v) is 5.14. The van der Waals surface area contributed by atoms with Gasteiger partial charge in [-0.2, -0.15) is 0 Å². The third-order valence-electron chi connectivity index (χ3n) is 1.76. The summed E-state index contributed by atoms with van der Waals surface area (Å²) in [4.78, 5) is 0. The van der Waals surface area contributed by atoms with Crippen LogP contribution >= 0.6 is 0 Å². The summed E-state index contributed by atoms with van der Waals surface area (Å²) >= 11 is 0. The van der Waals surface area contributed by atoms with Crippen molar-refractivity contribution in [2.24, 2.45) is 5.11 Å². The number of ether oxygens (including phenoxy) is 1. The van der Waals surface area contributed by atoms with Crippen LogP contribution in [0.4, 0.5) is 0 Å². The molecule has 0 spiro atoms. The maximum atomic E-state index is 5.49. The van der Waals surface area contributed by atoms with Gasteiger partial charge in [-0.05, 0) is 39.7 Å². The van der Waals surface area contributed by atoms with Crippen LogP contribution in [0.15, 0.2) is 16.9 Å². The highest BCUT2D eigenvalue weighted by Crippen LogP contribution is 2.00. The summed E-state index contributed by atoms with van der Waals surface area (Å²) in [5.74, 6) is 0. The molecule has 0 atom stereocenters. The SMILES string of the molecule is CN=[N+](/C=C(\C)COC(C)C)C(C)C.[HH]. The summed E-state index contributed by atoms with van der Waals surface area (Å²) in [6.07, 6.45) is 2.32. The summed E-state index contributed by atoms with van der Waals surface area (Å²) in [5.41, 5.74) is 1.19. The predicted molar refractivity (Wildman–Crippen MR) is 60.7 cm³/mol. The van der Waals surface area contributed by atoms with E-state index in [4.69, 9.17) is 4.74 Å². The molecule has 14 heavy (non-hydrogen) atoms. The van der Waals surface area contributed by atoms with Crippen LogP contribution in [-0.2, 0) is 4.74 Å². The zero-order chi connectivity index (χ0) is 11.1. The van der Waals surface area contributed by atoms with E-state index in [1.165, 1.54) is 5.57 Å². The van der Waals surface area contributed by atoms with Crippen molar-refractivity contribution in [1.29, 1.82) is 0 Å². The van der Waals surface area contributed by atoms with Crippen molar-refractivity contribution >= 4 is 0 Å². The van der Waals surface area contributed by atoms with Crippen LogP contribution in [-0.4, -0.2) is 30.5 Å². The van der Waals surface area contributed by atoms with E-state index in [1.54, 1.807) is 7.05 Å². The number of azo groups is 2. The van der Waals surface area contributed by atoms with E-state index in [-0.39, 0.29) is 7.53 Å². The second kappa shape index (κ2) is 6.71. The summed E-state index contributed by atoms with van der Waals surface area (Å²) in [7, 11) is 1.80. The summed E-state index contributed by atoms with van der Waals surface area (Å²) in [6.45, 7) is 11.0. The molecule has 3 nitrogen and oxygen atoms in total. The Kier molecular flexibility index (Phi) is 6.37. The number of hydrogen-bond donors (Lipinski definition) is 0. The van der Waals surface area contributed by atoms with E-state index < -0.39 is 0 Å². The Morgan fingerprint density at radius 3 is 2.36 bits per heavy atom. The molecule has 0 aromatic carbocycles. The van der Waals surface area contributed by atoms with Gasteiger partial charge in [0, 0.05) is 7.00 Å². The lowest BCUT2D eigenvalue weighted by molar-refractivity contribution is -0.559. The quantitative estimate of drug-likeness (QED) is 0.495. The lowest BCUT2D eigenvalue weighted by Crippen LogP contribution is -2.14. The molecule has 0 aliphatic heterocycles. The third kappa shape index (κ3) is 5.86. The molecule has 0 saturated heterocycles. The summed E-state index contributed by atoms with van der Waals surface area (Å²) in [6, 6.07) is 0.397. The van der Waals surface area contributed by atoms with E-state index >= 15 is 0 Å². The molecule has 0 radical (unpaired) electrons. The van der Waals surface area contributed by atoms with Crippen LogP contribution in [0.25, 0.3) is 0 Å². The Labute approximate surface area is 89.0 Å². The molecule has 0 saturated carbocycles. The average Bonchev–Trinajstić information content (AvgIpc) is 2.10. The lowest BCUT2D eigenvalue weighted by Gasteiger charge is -2.06. The number of rotatable bonds is 5. The highest BCUT2D eigenvalue weighted by Gasteiger charge is 2.08. The maximum absolute atomic E-state index is 5.49. The summed E-state index contributed by atoms with van der Waals surface area (Å²) in [5, 5.41) is 4.16. The molecule has 0 N–H and O–H groups in total. The zero-order valence-corrected chi connectivity index (χ0v) is 10.2. The Hall–Kier alpha value is -0.700. The minimum absolute atomic E-state index is 0. The van der Waals surface area contributed by atoms with Crippen LogP contribution in [0.1, 0.15) is 36.0 Å². The molecule has 0 aromatic rings. The van der Waals surface area contributed by atoms with E-state index in [2.05, 4.69) is 25.9 Å². The Morgan fingerprint density at radius 1 is 1.43 bits per heavy atom. The monoisotopic (exact) mass is 201 g/mol. The van der Waals surface area contributed by atoms with Gasteiger partial charge < -0.3 is 4.74 Å². The highest BCUT2D eigenvalue weighted by atomic mass is 16.5. The average molecular weight is 201 g/mol. The van der Waals surface area contributed by atoms with Crippen molar-refractivity contribution in [2.75, 3.05) is 13.7 Å². The van der Waals surface area contributed by atoms with Gasteiger partial charge in [-0.15, -0.1) is 0 Å². The van der Waals surface area contributed by atoms with Gasteiger partial charge in [0.15, 0.2) is 12.2 Å². The molecular weight excluding hydrogens is 176 g/mol. The van der Waals surface area contributed by atoms with Crippen molar-refractivity contribution in [1.82, 2.24) is 0 Å². The highest BCUT2D eigenvalue weighted by molar-refractivity contribution is 4.92. The molecule has 0 amide bonds. The van der Waals surface area contributed by atoms with Crippen LogP contribution in [0.3, 0.4) is 0 Å². The van der Waals surface area contributed by atoms with Gasteiger partial charge >= 0.3 is 0 Å². The van der Waals surface area contributed by atoms with E-state index in [9.17, 15) is 0 Å². The molecule has 84 valence electrons. The van der Waals surface area contributed by atoms with Gasteiger partial charge in [-0.25, -0.2) is 0 Å². The summed E-state index contributed by atoms with van der Waals surface area (Å²) < 4.78 is 7.44. The van der Waals surface area contributed by atoms with E-state index in [0.29, 0.717) is 12.6 Å². The lowest BCUT2D eigenvalue weighted by atomic mass is 10.3. The van der Waals surface area contributed by atoms with Gasteiger partial charge in [0.05, 0.1) is 19.8 Å². The van der Waals surface area contributed by atoms with Crippen LogP contribution < -0.4 is 0 Å². The van der Waals surface area contributed by atoms with Crippen LogP contribution in [0.5, 0.6) is 0 Å². The molecule has 0 aliphatic carbocycles. The van der Waals surface area contributed by atoms with Crippen LogP contribution in [0.2, 0.25) is 0 Å². The minimum Gasteiger partial charge on any atom is -0.374 e. The Balaban J connectivity index is 0. The van der Waals surface area contributed by atoms with Gasteiger partial charge in [-0.3, -0.25) is 0 Å². The van der Waals surface area contributed by atoms with Gasteiger partial charge in [-0.1, -0.05) is 4.70 Å². The van der Waals surface area contributed by atoms with E-state index in [0.717, 1.165) is 0 Å². The predicted octanol–water partition coefficient (Wildman–Crippen LogP) is 3.06. The Morgan fingerprint density at radius 2 is 2.00 bits per heavy atom. The van der Waals surface area contributed by atoms with Gasteiger partial charge in [0.1, 0.15) is 0 Å². The normalized spacial score (nSPS) is 14.3. The largest absolute Gasteiger partial charge is 0.374 e. The Bertz CT molecular complexity index is 223.